The third-order valence-electron chi connectivity index (χ3n) is 7.54. The van der Waals surface area contributed by atoms with Crippen LogP contribution in [0.1, 0.15) is 40.5 Å². The van der Waals surface area contributed by atoms with Gasteiger partial charge in [0.1, 0.15) is 23.1 Å². The van der Waals surface area contributed by atoms with Crippen molar-refractivity contribution in [2.45, 2.75) is 25.4 Å². The van der Waals surface area contributed by atoms with Crippen molar-refractivity contribution in [2.75, 3.05) is 50.0 Å². The number of nitrogens with one attached hydrogen (secondary N) is 1. The van der Waals surface area contributed by atoms with E-state index in [1.165, 1.54) is 6.07 Å². The van der Waals surface area contributed by atoms with Crippen LogP contribution in [-0.4, -0.2) is 75.1 Å². The lowest BCUT2D eigenvalue weighted by atomic mass is 10.0. The van der Waals surface area contributed by atoms with Crippen LogP contribution in [0.15, 0.2) is 55.0 Å². The van der Waals surface area contributed by atoms with E-state index in [0.717, 1.165) is 57.0 Å². The van der Waals surface area contributed by atoms with Crippen LogP contribution in [0.3, 0.4) is 0 Å². The fraction of sp³-hybridized carbons (Fsp3) is 0.357. The molecule has 11 heteroatoms. The zero-order valence-corrected chi connectivity index (χ0v) is 21.7. The normalized spacial score (nSPS) is 18.6. The molecule has 5 heterocycles. The molecule has 0 spiro atoms. The lowest BCUT2D eigenvalue weighted by Gasteiger charge is -2.32. The smallest absolute Gasteiger partial charge is 0.257 e. The highest BCUT2D eigenvalue weighted by molar-refractivity contribution is 6.05. The van der Waals surface area contributed by atoms with E-state index in [1.807, 2.05) is 11.0 Å². The summed E-state index contributed by atoms with van der Waals surface area (Å²) >= 11 is 0. The fourth-order valence-corrected chi connectivity index (χ4v) is 5.32. The minimum absolute atomic E-state index is 0.309. The Morgan fingerprint density at radius 2 is 1.90 bits per heavy atom. The van der Waals surface area contributed by atoms with Gasteiger partial charge in [0.05, 0.1) is 23.5 Å². The van der Waals surface area contributed by atoms with Gasteiger partial charge >= 0.3 is 0 Å². The molecule has 1 amide bonds. The lowest BCUT2D eigenvalue weighted by Crippen LogP contribution is -2.44. The number of hydrogen-bond donors (Lipinski definition) is 1. The van der Waals surface area contributed by atoms with Crippen LogP contribution in [0, 0.1) is 11.6 Å². The third kappa shape index (κ3) is 5.32. The topological polar surface area (TPSA) is 81.9 Å². The molecule has 1 atom stereocenters. The Labute approximate surface area is 225 Å². The number of benzene rings is 1. The molecule has 1 N–H and O–H groups in total. The summed E-state index contributed by atoms with van der Waals surface area (Å²) in [6.07, 6.45) is 6.40. The minimum Gasteiger partial charge on any atom is -0.349 e. The standard InChI is InChI=1S/C28H30F2N8O/c1-35-11-13-36(14-12-35)18-21-6-4-19(16-31-21)28(39)33-24-17-32-38-10-8-26(34-27(24)38)37-9-2-3-25(37)22-15-20(29)5-7-23(22)30/h4-8,10,15-17,25H,2-3,9,11-14,18H2,1H3,(H,33,39). The first-order valence-electron chi connectivity index (χ1n) is 13.2. The molecule has 39 heavy (non-hydrogen) atoms. The van der Waals surface area contributed by atoms with Gasteiger partial charge in [-0.05, 0) is 56.3 Å². The molecule has 9 nitrogen and oxygen atoms in total. The quantitative estimate of drug-likeness (QED) is 0.405. The van der Waals surface area contributed by atoms with Gasteiger partial charge in [-0.2, -0.15) is 5.10 Å². The number of amides is 1. The zero-order valence-electron chi connectivity index (χ0n) is 21.7. The summed E-state index contributed by atoms with van der Waals surface area (Å²) in [4.78, 5) is 28.9. The predicted octanol–water partition coefficient (Wildman–Crippen LogP) is 3.74. The van der Waals surface area contributed by atoms with Gasteiger partial charge in [0.15, 0.2) is 5.65 Å². The van der Waals surface area contributed by atoms with Crippen LogP contribution >= 0.6 is 0 Å². The molecule has 2 fully saturated rings. The minimum atomic E-state index is -0.468. The van der Waals surface area contributed by atoms with Gasteiger partial charge in [0.25, 0.3) is 5.91 Å². The molecule has 1 unspecified atom stereocenters. The van der Waals surface area contributed by atoms with Crippen LogP contribution < -0.4 is 10.2 Å². The maximum atomic E-state index is 14.6. The van der Waals surface area contributed by atoms with Gasteiger partial charge in [-0.25, -0.2) is 18.3 Å². The molecule has 0 radical (unpaired) electrons. The van der Waals surface area contributed by atoms with Crippen LogP contribution in [0.25, 0.3) is 5.65 Å². The average Bonchev–Trinajstić information content (AvgIpc) is 3.59. The summed E-state index contributed by atoms with van der Waals surface area (Å²) in [5.41, 5.74) is 2.60. The van der Waals surface area contributed by atoms with Crippen LogP contribution in [0.5, 0.6) is 0 Å². The van der Waals surface area contributed by atoms with E-state index in [2.05, 4.69) is 32.2 Å². The maximum Gasteiger partial charge on any atom is 0.257 e. The molecule has 4 aromatic rings. The Morgan fingerprint density at radius 1 is 1.05 bits per heavy atom. The zero-order chi connectivity index (χ0) is 26.9. The van der Waals surface area contributed by atoms with Gasteiger partial charge < -0.3 is 15.1 Å². The van der Waals surface area contributed by atoms with Crippen LogP contribution in [-0.2, 0) is 6.54 Å². The number of nitrogens with zero attached hydrogens (tertiary/aromatic N) is 7. The highest BCUT2D eigenvalue weighted by Gasteiger charge is 2.30. The molecule has 0 aliphatic carbocycles. The molecule has 202 valence electrons. The van der Waals surface area contributed by atoms with Crippen molar-refractivity contribution in [3.05, 3.63) is 83.4 Å². The van der Waals surface area contributed by atoms with Crippen molar-refractivity contribution in [1.82, 2.24) is 29.4 Å². The van der Waals surface area contributed by atoms with E-state index in [-0.39, 0.29) is 11.9 Å². The second-order valence-electron chi connectivity index (χ2n) is 10.2. The van der Waals surface area contributed by atoms with Crippen molar-refractivity contribution >= 4 is 23.1 Å². The molecule has 3 aromatic heterocycles. The molecule has 1 aromatic carbocycles. The summed E-state index contributed by atoms with van der Waals surface area (Å²) in [6.45, 7) is 5.49. The molecule has 2 saturated heterocycles. The van der Waals surface area contributed by atoms with Crippen molar-refractivity contribution in [1.29, 1.82) is 0 Å². The highest BCUT2D eigenvalue weighted by Crippen LogP contribution is 2.37. The number of halogens is 2. The predicted molar refractivity (Wildman–Crippen MR) is 144 cm³/mol. The molecule has 0 saturated carbocycles. The Balaban J connectivity index is 1.18. The Kier molecular flexibility index (Phi) is 6.92. The average molecular weight is 533 g/mol. The highest BCUT2D eigenvalue weighted by atomic mass is 19.1. The van der Waals surface area contributed by atoms with E-state index in [1.54, 1.807) is 35.2 Å². The fourth-order valence-electron chi connectivity index (χ4n) is 5.32. The second kappa shape index (κ2) is 10.7. The summed E-state index contributed by atoms with van der Waals surface area (Å²) in [6, 6.07) is 8.68. The number of pyridine rings is 1. The van der Waals surface area contributed by atoms with E-state index in [9.17, 15) is 13.6 Å². The van der Waals surface area contributed by atoms with Crippen molar-refractivity contribution in [3.8, 4) is 0 Å². The van der Waals surface area contributed by atoms with Crippen molar-refractivity contribution in [3.63, 3.8) is 0 Å². The Morgan fingerprint density at radius 3 is 2.69 bits per heavy atom. The molecule has 2 aliphatic heterocycles. The number of aromatic nitrogens is 4. The summed E-state index contributed by atoms with van der Waals surface area (Å²) in [7, 11) is 2.13. The van der Waals surface area contributed by atoms with E-state index in [0.29, 0.717) is 41.2 Å². The number of hydrogen-bond acceptors (Lipinski definition) is 7. The van der Waals surface area contributed by atoms with Crippen LogP contribution in [0.2, 0.25) is 0 Å². The van der Waals surface area contributed by atoms with E-state index in [4.69, 9.17) is 4.98 Å². The van der Waals surface area contributed by atoms with Gasteiger partial charge in [0, 0.05) is 57.2 Å². The number of carbonyl (C=O) groups is 1. The summed E-state index contributed by atoms with van der Waals surface area (Å²) in [5, 5.41) is 7.20. The Bertz CT molecular complexity index is 1480. The largest absolute Gasteiger partial charge is 0.349 e. The number of likely N-dealkylation sites (N-methyl/N-ethyl adjacent to an activating group) is 1. The number of anilines is 2. The first kappa shape index (κ1) is 25.3. The monoisotopic (exact) mass is 532 g/mol. The van der Waals surface area contributed by atoms with Crippen molar-refractivity contribution in [2.24, 2.45) is 0 Å². The van der Waals surface area contributed by atoms with E-state index >= 15 is 0 Å². The Hall–Kier alpha value is -3.96. The van der Waals surface area contributed by atoms with Crippen molar-refractivity contribution < 1.29 is 13.6 Å². The number of piperazine rings is 1. The van der Waals surface area contributed by atoms with Gasteiger partial charge in [0.2, 0.25) is 0 Å². The van der Waals surface area contributed by atoms with Gasteiger partial charge in [-0.1, -0.05) is 0 Å². The lowest BCUT2D eigenvalue weighted by molar-refractivity contribution is 0.102. The SMILES string of the molecule is CN1CCN(Cc2ccc(C(=O)Nc3cnn4ccc(N5CCCC5c5cc(F)ccc5F)nc34)cn2)CC1. The molecule has 0 bridgehead atoms. The second-order valence-corrected chi connectivity index (χ2v) is 10.2. The third-order valence-corrected chi connectivity index (χ3v) is 7.54. The van der Waals surface area contributed by atoms with Gasteiger partial charge in [-0.15, -0.1) is 0 Å². The van der Waals surface area contributed by atoms with Gasteiger partial charge in [-0.3, -0.25) is 14.7 Å². The first-order chi connectivity index (χ1) is 18.9. The number of rotatable bonds is 6. The summed E-state index contributed by atoms with van der Waals surface area (Å²) < 4.78 is 30.0. The molecular weight excluding hydrogens is 502 g/mol. The first-order valence-corrected chi connectivity index (χ1v) is 13.2. The number of fused-ring (bicyclic) bond motifs is 1. The molecule has 2 aliphatic rings. The number of carbonyl (C=O) groups excluding carboxylic acids is 1. The van der Waals surface area contributed by atoms with Crippen LogP contribution in [0.4, 0.5) is 20.3 Å². The van der Waals surface area contributed by atoms with E-state index < -0.39 is 11.6 Å². The summed E-state index contributed by atoms with van der Waals surface area (Å²) in [5.74, 6) is -0.602. The maximum absolute atomic E-state index is 14.6. The molecular formula is C28H30F2N8O. The molecule has 6 rings (SSSR count).